The van der Waals surface area contributed by atoms with Crippen LogP contribution in [0, 0.1) is 17.8 Å². The highest BCUT2D eigenvalue weighted by Crippen LogP contribution is 2.47. The van der Waals surface area contributed by atoms with Crippen LogP contribution in [-0.2, 0) is 33.5 Å². The summed E-state index contributed by atoms with van der Waals surface area (Å²) in [5.74, 6) is 0.752. The van der Waals surface area contributed by atoms with Gasteiger partial charge in [-0.25, -0.2) is 9.00 Å². The molecule has 2 aromatic heterocycles. The number of amides is 1. The second kappa shape index (κ2) is 13.7. The number of benzene rings is 2. The zero-order valence-electron chi connectivity index (χ0n) is 29.6. The topological polar surface area (TPSA) is 144 Å². The van der Waals surface area contributed by atoms with Gasteiger partial charge in [-0.2, -0.15) is 10.1 Å². The van der Waals surface area contributed by atoms with E-state index >= 15 is 0 Å². The molecule has 52 heavy (non-hydrogen) atoms. The Morgan fingerprint density at radius 1 is 1.17 bits per heavy atom. The summed E-state index contributed by atoms with van der Waals surface area (Å²) in [7, 11) is -0.0136. The summed E-state index contributed by atoms with van der Waals surface area (Å²) in [6.45, 7) is 3.96. The number of carbonyl (C=O) groups excluding carboxylic acids is 1. The first-order valence-electron chi connectivity index (χ1n) is 18.0. The van der Waals surface area contributed by atoms with Crippen molar-refractivity contribution in [3.8, 4) is 5.75 Å². The number of anilines is 2. The van der Waals surface area contributed by atoms with Crippen LogP contribution in [-0.4, -0.2) is 68.5 Å². The zero-order valence-corrected chi connectivity index (χ0v) is 31.2. The Bertz CT molecular complexity index is 2260. The van der Waals surface area contributed by atoms with E-state index in [1.165, 1.54) is 15.8 Å². The minimum atomic E-state index is -3.49. The number of H-pyrrole nitrogens is 1. The number of ether oxygens (including phenoxy) is 2. The number of aromatic amines is 1. The van der Waals surface area contributed by atoms with E-state index in [9.17, 15) is 13.8 Å². The predicted octanol–water partition coefficient (Wildman–Crippen LogP) is 6.06. The van der Waals surface area contributed by atoms with Crippen molar-refractivity contribution in [1.29, 1.82) is 0 Å². The van der Waals surface area contributed by atoms with Crippen molar-refractivity contribution in [2.45, 2.75) is 57.0 Å². The molecule has 4 heterocycles. The lowest BCUT2D eigenvalue weighted by atomic mass is 9.68. The Morgan fingerprint density at radius 2 is 2.04 bits per heavy atom. The van der Waals surface area contributed by atoms with Gasteiger partial charge in [0.2, 0.25) is 0 Å². The highest BCUT2D eigenvalue weighted by Gasteiger charge is 2.44. The second-order valence-electron chi connectivity index (χ2n) is 15.0. The minimum absolute atomic E-state index is 0.0368. The van der Waals surface area contributed by atoms with Crippen molar-refractivity contribution in [1.82, 2.24) is 19.7 Å². The van der Waals surface area contributed by atoms with Crippen LogP contribution in [0.15, 0.2) is 63.9 Å². The summed E-state index contributed by atoms with van der Waals surface area (Å²) < 4.78 is 36.4. The molecule has 12 nitrogen and oxygen atoms in total. The maximum Gasteiger partial charge on any atom is 0.348 e. The van der Waals surface area contributed by atoms with Gasteiger partial charge >= 0.3 is 5.69 Å². The van der Waals surface area contributed by atoms with Crippen molar-refractivity contribution in [3.63, 3.8) is 0 Å². The van der Waals surface area contributed by atoms with Crippen molar-refractivity contribution >= 4 is 50.0 Å². The zero-order chi connectivity index (χ0) is 36.2. The average Bonchev–Trinajstić information content (AvgIpc) is 3.39. The van der Waals surface area contributed by atoms with Gasteiger partial charge in [-0.3, -0.25) is 19.2 Å². The molecule has 1 saturated carbocycles. The van der Waals surface area contributed by atoms with E-state index in [2.05, 4.69) is 53.3 Å². The Hall–Kier alpha value is -4.20. The van der Waals surface area contributed by atoms with Gasteiger partial charge in [0.1, 0.15) is 15.7 Å². The smallest absolute Gasteiger partial charge is 0.348 e. The molecule has 0 saturated heterocycles. The number of fused-ring (bicyclic) bond motifs is 5. The third kappa shape index (κ3) is 6.62. The molecule has 2 bridgehead atoms. The molecule has 2 N–H and O–H groups in total. The number of hydrogen-bond donors (Lipinski definition) is 2. The third-order valence-electron chi connectivity index (χ3n) is 11.3. The fourth-order valence-electron chi connectivity index (χ4n) is 8.64. The van der Waals surface area contributed by atoms with Crippen molar-refractivity contribution in [3.05, 3.63) is 86.9 Å². The molecule has 1 fully saturated rings. The number of nitrogens with zero attached hydrogens (tertiary/aromatic N) is 5. The average molecular weight is 746 g/mol. The van der Waals surface area contributed by atoms with Crippen molar-refractivity contribution in [2.75, 3.05) is 42.2 Å². The minimum Gasteiger partial charge on any atom is -0.490 e. The maximum atomic E-state index is 14.8. The molecule has 2 aromatic carbocycles. The Balaban J connectivity index is 1.23. The molecule has 4 aliphatic rings. The van der Waals surface area contributed by atoms with Crippen LogP contribution in [0.5, 0.6) is 5.75 Å². The second-order valence-corrected chi connectivity index (χ2v) is 17.5. The molecule has 1 spiro atoms. The van der Waals surface area contributed by atoms with Crippen LogP contribution in [0.3, 0.4) is 0 Å². The van der Waals surface area contributed by atoms with Crippen LogP contribution >= 0.6 is 11.6 Å². The number of aromatic nitrogens is 4. The van der Waals surface area contributed by atoms with E-state index in [1.807, 2.05) is 25.1 Å². The molecule has 0 radical (unpaired) electrons. The molecule has 1 amide bonds. The first kappa shape index (κ1) is 34.9. The van der Waals surface area contributed by atoms with E-state index in [-0.39, 0.29) is 34.7 Å². The van der Waals surface area contributed by atoms with Crippen LogP contribution in [0.1, 0.15) is 60.5 Å². The number of carbonyl (C=O) groups is 1. The summed E-state index contributed by atoms with van der Waals surface area (Å²) in [4.78, 5) is 35.7. The molecule has 2 aliphatic heterocycles. The number of hydrogen-bond acceptors (Lipinski definition) is 8. The van der Waals surface area contributed by atoms with Crippen LogP contribution in [0.25, 0.3) is 11.0 Å². The third-order valence-corrected chi connectivity index (χ3v) is 13.5. The lowest BCUT2D eigenvalue weighted by molar-refractivity contribution is 0.0131. The van der Waals surface area contributed by atoms with Gasteiger partial charge in [0.05, 0.1) is 29.5 Å². The molecule has 2 aliphatic carbocycles. The van der Waals surface area contributed by atoms with Gasteiger partial charge in [0.25, 0.3) is 5.91 Å². The number of allylic oxidation sites excluding steroid dienone is 1. The SMILES string of the molecule is CO[C@H]1/C=C/C[C@H](C)CS(=O)(Nc2nc(=O)[nH]c3nn(C)cc23)=NC(=O)c2ccc3c(c2)N(C[C@@H]2CC[C@H]21)C[C@@]1(CCCc2cc(Cl)ccc21)CO3. The quantitative estimate of drug-likeness (QED) is 0.241. The van der Waals surface area contributed by atoms with Gasteiger partial charge in [-0.15, -0.1) is 4.36 Å². The van der Waals surface area contributed by atoms with Gasteiger partial charge in [-0.05, 0) is 97.7 Å². The fraction of sp³-hybridized carbons (Fsp3) is 0.474. The summed E-state index contributed by atoms with van der Waals surface area (Å²) >= 11 is 6.47. The van der Waals surface area contributed by atoms with Crippen LogP contribution in [0.2, 0.25) is 5.02 Å². The highest BCUT2D eigenvalue weighted by atomic mass is 35.5. The number of nitrogens with one attached hydrogen (secondary N) is 2. The van der Waals surface area contributed by atoms with E-state index in [1.54, 1.807) is 26.4 Å². The summed E-state index contributed by atoms with van der Waals surface area (Å²) in [5, 5.41) is 5.48. The summed E-state index contributed by atoms with van der Waals surface area (Å²) in [6, 6.07) is 11.6. The highest BCUT2D eigenvalue weighted by molar-refractivity contribution is 7.95. The lowest BCUT2D eigenvalue weighted by Gasteiger charge is -2.46. The molecule has 6 atom stereocenters. The Labute approximate surface area is 308 Å². The van der Waals surface area contributed by atoms with Gasteiger partial charge < -0.3 is 14.4 Å². The molecule has 8 rings (SSSR count). The first-order valence-corrected chi connectivity index (χ1v) is 20.1. The maximum absolute atomic E-state index is 14.8. The van der Waals surface area contributed by atoms with Crippen LogP contribution < -0.4 is 20.0 Å². The largest absolute Gasteiger partial charge is 0.490 e. The molecule has 1 unspecified atom stereocenters. The number of halogens is 1. The van der Waals surface area contributed by atoms with Gasteiger partial charge in [0.15, 0.2) is 11.5 Å². The van der Waals surface area contributed by atoms with E-state index < -0.39 is 21.5 Å². The summed E-state index contributed by atoms with van der Waals surface area (Å²) in [5.41, 5.74) is 3.03. The Kier molecular flexibility index (Phi) is 9.15. The predicted molar refractivity (Wildman–Crippen MR) is 203 cm³/mol. The fourth-order valence-corrected chi connectivity index (χ4v) is 10.8. The number of rotatable bonds is 3. The lowest BCUT2D eigenvalue weighted by Crippen LogP contribution is -2.49. The monoisotopic (exact) mass is 745 g/mol. The van der Waals surface area contributed by atoms with E-state index in [0.29, 0.717) is 48.1 Å². The number of aryl methyl sites for hydroxylation is 2. The molecule has 4 aromatic rings. The van der Waals surface area contributed by atoms with Crippen molar-refractivity contribution < 1.29 is 18.5 Å². The van der Waals surface area contributed by atoms with Gasteiger partial charge in [-0.1, -0.05) is 36.7 Å². The van der Waals surface area contributed by atoms with Crippen LogP contribution in [0.4, 0.5) is 11.5 Å². The Morgan fingerprint density at radius 3 is 2.85 bits per heavy atom. The molecular weight excluding hydrogens is 702 g/mol. The molecule has 274 valence electrons. The number of methoxy groups -OCH3 is 1. The first-order chi connectivity index (χ1) is 25.0. The standard InChI is InChI=1S/C38H44ClN7O5S/c1-23-6-4-8-32(50-3)28-12-9-26(28)18-46-21-38(15-5-7-24-16-27(39)11-13-30(24)38)22-51-33-14-10-25(17-31(33)46)36(47)44-52(49,20-23)43-35-29-19-45(2)42-34(29)40-37(48)41-35/h4,8,10-11,13-14,16-17,19,23,26,28,32H,5-7,9,12,15,18,20-22H2,1-3H3,(H2,40,41,42,43,44,47,48,49)/b8-4+/t23-,26-,28+,32-,38-,52?/m0/s1. The van der Waals surface area contributed by atoms with Gasteiger partial charge in [0, 0.05) is 49.4 Å². The van der Waals surface area contributed by atoms with Crippen molar-refractivity contribution in [2.24, 2.45) is 29.2 Å². The molecular formula is C38H44ClN7O5S. The molecule has 14 heteroatoms. The van der Waals surface area contributed by atoms with E-state index in [0.717, 1.165) is 49.4 Å². The van der Waals surface area contributed by atoms with E-state index in [4.69, 9.17) is 21.1 Å². The normalized spacial score (nSPS) is 29.6. The summed E-state index contributed by atoms with van der Waals surface area (Å²) in [6.07, 6.45) is 11.5.